The van der Waals surface area contributed by atoms with Gasteiger partial charge in [0.1, 0.15) is 10.7 Å². The molecule has 1 saturated heterocycles. The summed E-state index contributed by atoms with van der Waals surface area (Å²) in [7, 11) is -3.37. The zero-order valence-electron chi connectivity index (χ0n) is 9.46. The highest BCUT2D eigenvalue weighted by Gasteiger charge is 2.18. The lowest BCUT2D eigenvalue weighted by Crippen LogP contribution is -2.37. The average Bonchev–Trinajstić information content (AvgIpc) is 2.28. The maximum atomic E-state index is 11.3. The van der Waals surface area contributed by atoms with Gasteiger partial charge in [-0.1, -0.05) is 0 Å². The van der Waals surface area contributed by atoms with Crippen LogP contribution in [0.25, 0.3) is 0 Å². The molecule has 0 amide bonds. The Morgan fingerprint density at radius 1 is 1.41 bits per heavy atom. The fourth-order valence-electron chi connectivity index (χ4n) is 1.58. The van der Waals surface area contributed by atoms with Crippen LogP contribution in [0, 0.1) is 0 Å². The molecule has 2 heterocycles. The average molecular weight is 258 g/mol. The van der Waals surface area contributed by atoms with Crippen LogP contribution in [0.4, 0.5) is 11.8 Å². The third-order valence-corrected chi connectivity index (χ3v) is 3.58. The summed E-state index contributed by atoms with van der Waals surface area (Å²) in [4.78, 5) is 9.93. The number of rotatable bonds is 2. The first-order valence-electron chi connectivity index (χ1n) is 5.14. The van der Waals surface area contributed by atoms with E-state index in [-0.39, 0.29) is 10.7 Å². The lowest BCUT2D eigenvalue weighted by molar-refractivity contribution is 0.122. The highest BCUT2D eigenvalue weighted by atomic mass is 32.2. The molecule has 0 bridgehead atoms. The Labute approximate surface area is 99.5 Å². The molecule has 0 atom stereocenters. The summed E-state index contributed by atoms with van der Waals surface area (Å²) in [5.74, 6) is 0.433. The topological polar surface area (TPSA) is 98.4 Å². The van der Waals surface area contributed by atoms with Crippen LogP contribution in [0.15, 0.2) is 11.1 Å². The van der Waals surface area contributed by atoms with E-state index in [0.717, 1.165) is 6.26 Å². The summed E-state index contributed by atoms with van der Waals surface area (Å²) < 4.78 is 27.9. The van der Waals surface area contributed by atoms with Crippen molar-refractivity contribution in [2.45, 2.75) is 4.90 Å². The molecule has 0 unspecified atom stereocenters. The molecule has 1 aromatic rings. The summed E-state index contributed by atoms with van der Waals surface area (Å²) in [5.41, 5.74) is 5.63. The second kappa shape index (κ2) is 4.46. The first-order chi connectivity index (χ1) is 7.98. The van der Waals surface area contributed by atoms with Gasteiger partial charge in [0.15, 0.2) is 9.84 Å². The van der Waals surface area contributed by atoms with E-state index >= 15 is 0 Å². The van der Waals surface area contributed by atoms with Gasteiger partial charge in [0, 0.05) is 19.3 Å². The third-order valence-electron chi connectivity index (χ3n) is 2.46. The van der Waals surface area contributed by atoms with Crippen molar-refractivity contribution in [2.24, 2.45) is 0 Å². The summed E-state index contributed by atoms with van der Waals surface area (Å²) >= 11 is 0. The molecular weight excluding hydrogens is 244 g/mol. The van der Waals surface area contributed by atoms with E-state index in [4.69, 9.17) is 10.5 Å². The number of sulfone groups is 1. The van der Waals surface area contributed by atoms with Crippen LogP contribution in [0.3, 0.4) is 0 Å². The number of hydrogen-bond acceptors (Lipinski definition) is 7. The van der Waals surface area contributed by atoms with Gasteiger partial charge in [-0.25, -0.2) is 13.4 Å². The lowest BCUT2D eigenvalue weighted by atomic mass is 10.4. The largest absolute Gasteiger partial charge is 0.382 e. The molecule has 8 heteroatoms. The predicted molar refractivity (Wildman–Crippen MR) is 62.6 cm³/mol. The minimum atomic E-state index is -3.37. The van der Waals surface area contributed by atoms with Gasteiger partial charge in [-0.2, -0.15) is 4.98 Å². The van der Waals surface area contributed by atoms with Crippen molar-refractivity contribution in [1.29, 1.82) is 0 Å². The number of nitrogens with two attached hydrogens (primary N) is 1. The second-order valence-corrected chi connectivity index (χ2v) is 5.78. The van der Waals surface area contributed by atoms with Crippen molar-refractivity contribution in [3.05, 3.63) is 6.20 Å². The summed E-state index contributed by atoms with van der Waals surface area (Å²) in [6.45, 7) is 2.57. The Balaban J connectivity index is 2.30. The predicted octanol–water partition coefficient (Wildman–Crippen LogP) is -0.701. The van der Waals surface area contributed by atoms with Crippen LogP contribution in [-0.4, -0.2) is 50.9 Å². The van der Waals surface area contributed by atoms with Gasteiger partial charge in [-0.3, -0.25) is 0 Å². The van der Waals surface area contributed by atoms with Gasteiger partial charge >= 0.3 is 0 Å². The molecule has 0 saturated carbocycles. The van der Waals surface area contributed by atoms with Crippen LogP contribution < -0.4 is 10.6 Å². The quantitative estimate of drug-likeness (QED) is 0.748. The van der Waals surface area contributed by atoms with E-state index in [1.165, 1.54) is 6.20 Å². The molecule has 1 aliphatic rings. The molecule has 7 nitrogen and oxygen atoms in total. The van der Waals surface area contributed by atoms with Crippen LogP contribution >= 0.6 is 0 Å². The molecule has 1 aliphatic heterocycles. The van der Waals surface area contributed by atoms with E-state index in [0.29, 0.717) is 32.3 Å². The van der Waals surface area contributed by atoms with E-state index in [2.05, 4.69) is 9.97 Å². The summed E-state index contributed by atoms with van der Waals surface area (Å²) in [6.07, 6.45) is 2.33. The van der Waals surface area contributed by atoms with Crippen molar-refractivity contribution in [3.63, 3.8) is 0 Å². The van der Waals surface area contributed by atoms with E-state index in [1.807, 2.05) is 4.90 Å². The molecule has 2 rings (SSSR count). The molecule has 0 aliphatic carbocycles. The zero-order chi connectivity index (χ0) is 12.5. The van der Waals surface area contributed by atoms with Crippen LogP contribution in [0.2, 0.25) is 0 Å². The van der Waals surface area contributed by atoms with Crippen molar-refractivity contribution in [3.8, 4) is 0 Å². The fraction of sp³-hybridized carbons (Fsp3) is 0.556. The Morgan fingerprint density at radius 3 is 2.59 bits per heavy atom. The molecule has 0 radical (unpaired) electrons. The van der Waals surface area contributed by atoms with E-state index < -0.39 is 9.84 Å². The highest BCUT2D eigenvalue weighted by molar-refractivity contribution is 7.90. The SMILES string of the molecule is CS(=O)(=O)c1cnc(N2CCOCC2)nc1N. The number of morpholine rings is 1. The van der Waals surface area contributed by atoms with Crippen LogP contribution in [0.5, 0.6) is 0 Å². The summed E-state index contributed by atoms with van der Waals surface area (Å²) in [6, 6.07) is 0. The smallest absolute Gasteiger partial charge is 0.227 e. The fourth-order valence-corrected chi connectivity index (χ4v) is 2.25. The molecule has 1 aromatic heterocycles. The van der Waals surface area contributed by atoms with Gasteiger partial charge in [-0.15, -0.1) is 0 Å². The maximum absolute atomic E-state index is 11.3. The van der Waals surface area contributed by atoms with Crippen LogP contribution in [-0.2, 0) is 14.6 Å². The third kappa shape index (κ3) is 2.64. The van der Waals surface area contributed by atoms with Gasteiger partial charge in [-0.05, 0) is 0 Å². The Morgan fingerprint density at radius 2 is 2.06 bits per heavy atom. The number of ether oxygens (including phenoxy) is 1. The monoisotopic (exact) mass is 258 g/mol. The van der Waals surface area contributed by atoms with E-state index in [1.54, 1.807) is 0 Å². The Bertz CT molecular complexity index is 511. The molecule has 0 spiro atoms. The second-order valence-electron chi connectivity index (χ2n) is 3.79. The first kappa shape index (κ1) is 12.1. The van der Waals surface area contributed by atoms with Crippen molar-refractivity contribution in [2.75, 3.05) is 43.2 Å². The van der Waals surface area contributed by atoms with Crippen molar-refractivity contribution < 1.29 is 13.2 Å². The molecule has 94 valence electrons. The van der Waals surface area contributed by atoms with Gasteiger partial charge < -0.3 is 15.4 Å². The lowest BCUT2D eigenvalue weighted by Gasteiger charge is -2.26. The number of nitrogens with zero attached hydrogens (tertiary/aromatic N) is 3. The van der Waals surface area contributed by atoms with Crippen molar-refractivity contribution in [1.82, 2.24) is 9.97 Å². The van der Waals surface area contributed by atoms with Gasteiger partial charge in [0.05, 0.1) is 19.4 Å². The van der Waals surface area contributed by atoms with Gasteiger partial charge in [0.2, 0.25) is 5.95 Å². The molecule has 1 fully saturated rings. The number of anilines is 2. The highest BCUT2D eigenvalue weighted by Crippen LogP contribution is 2.18. The molecular formula is C9H14N4O3S. The number of nitrogen functional groups attached to an aromatic ring is 1. The first-order valence-corrected chi connectivity index (χ1v) is 7.03. The molecule has 2 N–H and O–H groups in total. The minimum absolute atomic E-state index is 0.0102. The van der Waals surface area contributed by atoms with Gasteiger partial charge in [0.25, 0.3) is 0 Å². The van der Waals surface area contributed by atoms with Crippen LogP contribution in [0.1, 0.15) is 0 Å². The summed E-state index contributed by atoms with van der Waals surface area (Å²) in [5, 5.41) is 0. The minimum Gasteiger partial charge on any atom is -0.382 e. The number of hydrogen-bond donors (Lipinski definition) is 1. The Hall–Kier alpha value is -1.41. The van der Waals surface area contributed by atoms with E-state index in [9.17, 15) is 8.42 Å². The maximum Gasteiger partial charge on any atom is 0.227 e. The Kier molecular flexibility index (Phi) is 3.16. The zero-order valence-corrected chi connectivity index (χ0v) is 10.3. The number of aromatic nitrogens is 2. The standard InChI is InChI=1S/C9H14N4O3S/c1-17(14,15)7-6-11-9(12-8(7)10)13-2-4-16-5-3-13/h6H,2-5H2,1H3,(H2,10,11,12). The molecule has 17 heavy (non-hydrogen) atoms. The normalized spacial score (nSPS) is 17.1. The molecule has 0 aromatic carbocycles. The van der Waals surface area contributed by atoms with Crippen molar-refractivity contribution >= 4 is 21.6 Å².